The van der Waals surface area contributed by atoms with Gasteiger partial charge in [0.05, 0.1) is 19.7 Å². The second kappa shape index (κ2) is 7.71. The summed E-state index contributed by atoms with van der Waals surface area (Å²) >= 11 is 0. The molecule has 100 valence electrons. The molecule has 1 amide bonds. The first-order valence-electron chi connectivity index (χ1n) is 6.31. The Morgan fingerprint density at radius 1 is 1.44 bits per heavy atom. The number of amides is 1. The number of methoxy groups -OCH3 is 1. The van der Waals surface area contributed by atoms with Crippen LogP contribution in [0.1, 0.15) is 31.9 Å². The summed E-state index contributed by atoms with van der Waals surface area (Å²) in [7, 11) is 1.64. The second-order valence-electron chi connectivity index (χ2n) is 4.24. The van der Waals surface area contributed by atoms with E-state index in [4.69, 9.17) is 4.74 Å². The molecule has 0 aliphatic rings. The molecule has 0 saturated heterocycles. The number of hydrogen-bond acceptors (Lipinski definition) is 3. The van der Waals surface area contributed by atoms with Crippen LogP contribution in [0, 0.1) is 0 Å². The highest BCUT2D eigenvalue weighted by Gasteiger charge is 2.09. The van der Waals surface area contributed by atoms with Crippen LogP contribution in [0.25, 0.3) is 0 Å². The summed E-state index contributed by atoms with van der Waals surface area (Å²) in [5, 5.41) is 6.03. The lowest BCUT2D eigenvalue weighted by molar-refractivity contribution is -0.120. The third kappa shape index (κ3) is 4.75. The summed E-state index contributed by atoms with van der Waals surface area (Å²) in [6.45, 7) is 5.26. The smallest absolute Gasteiger partial charge is 0.234 e. The molecule has 4 nitrogen and oxygen atoms in total. The van der Waals surface area contributed by atoms with Crippen molar-refractivity contribution >= 4 is 5.91 Å². The molecule has 18 heavy (non-hydrogen) atoms. The van der Waals surface area contributed by atoms with Crippen LogP contribution < -0.4 is 15.4 Å². The topological polar surface area (TPSA) is 50.4 Å². The number of carbonyl (C=O) groups is 1. The van der Waals surface area contributed by atoms with E-state index in [0.717, 1.165) is 24.3 Å². The Kier molecular flexibility index (Phi) is 6.22. The van der Waals surface area contributed by atoms with E-state index in [1.54, 1.807) is 7.11 Å². The fourth-order valence-electron chi connectivity index (χ4n) is 1.67. The standard InChI is InChI=1S/C14H22N2O2/c1-4-8-15-10-14(17)16-11(2)12-6-5-7-13(9-12)18-3/h5-7,9,11,15H,4,8,10H2,1-3H3,(H,16,17)/t11-/m0/s1. The number of nitrogens with one attached hydrogen (secondary N) is 2. The highest BCUT2D eigenvalue weighted by molar-refractivity contribution is 5.78. The average molecular weight is 250 g/mol. The fraction of sp³-hybridized carbons (Fsp3) is 0.500. The van der Waals surface area contributed by atoms with Gasteiger partial charge in [-0.05, 0) is 37.6 Å². The molecule has 0 bridgehead atoms. The highest BCUT2D eigenvalue weighted by atomic mass is 16.5. The maximum absolute atomic E-state index is 11.7. The summed E-state index contributed by atoms with van der Waals surface area (Å²) in [5.74, 6) is 0.816. The van der Waals surface area contributed by atoms with Crippen molar-refractivity contribution in [1.82, 2.24) is 10.6 Å². The fourth-order valence-corrected chi connectivity index (χ4v) is 1.67. The molecule has 0 saturated carbocycles. The van der Waals surface area contributed by atoms with Crippen molar-refractivity contribution in [3.63, 3.8) is 0 Å². The van der Waals surface area contributed by atoms with E-state index in [0.29, 0.717) is 6.54 Å². The third-order valence-corrected chi connectivity index (χ3v) is 2.68. The predicted molar refractivity (Wildman–Crippen MR) is 72.7 cm³/mol. The molecule has 4 heteroatoms. The molecule has 1 atom stereocenters. The third-order valence-electron chi connectivity index (χ3n) is 2.68. The molecule has 1 aromatic rings. The van der Waals surface area contributed by atoms with Gasteiger partial charge >= 0.3 is 0 Å². The summed E-state index contributed by atoms with van der Waals surface area (Å²) in [6.07, 6.45) is 1.03. The van der Waals surface area contributed by atoms with Crippen LogP contribution in [-0.4, -0.2) is 26.1 Å². The van der Waals surface area contributed by atoms with Crippen molar-refractivity contribution in [3.05, 3.63) is 29.8 Å². The first-order valence-corrected chi connectivity index (χ1v) is 6.31. The van der Waals surface area contributed by atoms with E-state index in [2.05, 4.69) is 17.6 Å². The van der Waals surface area contributed by atoms with Crippen LogP contribution in [0.3, 0.4) is 0 Å². The minimum Gasteiger partial charge on any atom is -0.497 e. The van der Waals surface area contributed by atoms with E-state index in [9.17, 15) is 4.79 Å². The number of benzene rings is 1. The molecule has 0 fully saturated rings. The largest absolute Gasteiger partial charge is 0.497 e. The van der Waals surface area contributed by atoms with Crippen LogP contribution in [0.2, 0.25) is 0 Å². The van der Waals surface area contributed by atoms with Crippen molar-refractivity contribution < 1.29 is 9.53 Å². The minimum atomic E-state index is -0.0176. The molecule has 0 unspecified atom stereocenters. The van der Waals surface area contributed by atoms with Gasteiger partial charge in [-0.3, -0.25) is 4.79 Å². The Bertz CT molecular complexity index is 380. The van der Waals surface area contributed by atoms with Gasteiger partial charge in [-0.2, -0.15) is 0 Å². The van der Waals surface area contributed by atoms with E-state index >= 15 is 0 Å². The Morgan fingerprint density at radius 3 is 2.89 bits per heavy atom. The lowest BCUT2D eigenvalue weighted by atomic mass is 10.1. The first kappa shape index (κ1) is 14.5. The van der Waals surface area contributed by atoms with Gasteiger partial charge in [0.25, 0.3) is 0 Å². The summed E-state index contributed by atoms with van der Waals surface area (Å²) < 4.78 is 5.16. The molecule has 0 aliphatic heterocycles. The van der Waals surface area contributed by atoms with Crippen LogP contribution >= 0.6 is 0 Å². The molecule has 0 heterocycles. The molecule has 2 N–H and O–H groups in total. The zero-order chi connectivity index (χ0) is 13.4. The van der Waals surface area contributed by atoms with Gasteiger partial charge in [-0.1, -0.05) is 19.1 Å². The van der Waals surface area contributed by atoms with Crippen LogP contribution in [0.5, 0.6) is 5.75 Å². The summed E-state index contributed by atoms with van der Waals surface area (Å²) in [5.41, 5.74) is 1.04. The molecule has 1 aromatic carbocycles. The number of hydrogen-bond donors (Lipinski definition) is 2. The quantitative estimate of drug-likeness (QED) is 0.726. The SMILES string of the molecule is CCCNCC(=O)N[C@@H](C)c1cccc(OC)c1. The van der Waals surface area contributed by atoms with Gasteiger partial charge in [0.2, 0.25) is 5.91 Å². The van der Waals surface area contributed by atoms with Crippen molar-refractivity contribution in [2.24, 2.45) is 0 Å². The van der Waals surface area contributed by atoms with Crippen molar-refractivity contribution in [3.8, 4) is 5.75 Å². The zero-order valence-corrected chi connectivity index (χ0v) is 11.3. The monoisotopic (exact) mass is 250 g/mol. The van der Waals surface area contributed by atoms with Gasteiger partial charge in [0.1, 0.15) is 5.75 Å². The first-order chi connectivity index (χ1) is 8.67. The normalized spacial score (nSPS) is 11.9. The van der Waals surface area contributed by atoms with E-state index in [-0.39, 0.29) is 11.9 Å². The van der Waals surface area contributed by atoms with Crippen LogP contribution in [-0.2, 0) is 4.79 Å². The van der Waals surface area contributed by atoms with E-state index in [1.165, 1.54) is 0 Å². The summed E-state index contributed by atoms with van der Waals surface area (Å²) in [4.78, 5) is 11.7. The maximum Gasteiger partial charge on any atom is 0.234 e. The maximum atomic E-state index is 11.7. The Balaban J connectivity index is 2.48. The molecule has 0 aliphatic carbocycles. The van der Waals surface area contributed by atoms with Gasteiger partial charge < -0.3 is 15.4 Å². The van der Waals surface area contributed by atoms with Crippen LogP contribution in [0.15, 0.2) is 24.3 Å². The van der Waals surface area contributed by atoms with Gasteiger partial charge in [0.15, 0.2) is 0 Å². The van der Waals surface area contributed by atoms with Gasteiger partial charge in [-0.25, -0.2) is 0 Å². The van der Waals surface area contributed by atoms with Crippen molar-refractivity contribution in [1.29, 1.82) is 0 Å². The van der Waals surface area contributed by atoms with Crippen molar-refractivity contribution in [2.75, 3.05) is 20.2 Å². The Labute approximate surface area is 109 Å². The average Bonchev–Trinajstić information content (AvgIpc) is 2.39. The molecule has 1 rings (SSSR count). The summed E-state index contributed by atoms with van der Waals surface area (Å²) in [6, 6.07) is 7.71. The van der Waals surface area contributed by atoms with E-state index in [1.807, 2.05) is 31.2 Å². The highest BCUT2D eigenvalue weighted by Crippen LogP contribution is 2.18. The molecular formula is C14H22N2O2. The second-order valence-corrected chi connectivity index (χ2v) is 4.24. The van der Waals surface area contributed by atoms with Crippen molar-refractivity contribution in [2.45, 2.75) is 26.3 Å². The molecular weight excluding hydrogens is 228 g/mol. The number of rotatable bonds is 7. The number of carbonyl (C=O) groups excluding carboxylic acids is 1. The van der Waals surface area contributed by atoms with Gasteiger partial charge in [0, 0.05) is 0 Å². The Hall–Kier alpha value is -1.55. The number of ether oxygens (including phenoxy) is 1. The zero-order valence-electron chi connectivity index (χ0n) is 11.3. The Morgan fingerprint density at radius 2 is 2.22 bits per heavy atom. The predicted octanol–water partition coefficient (Wildman–Crippen LogP) is 1.87. The lowest BCUT2D eigenvalue weighted by Gasteiger charge is -2.15. The molecule has 0 spiro atoms. The van der Waals surface area contributed by atoms with E-state index < -0.39 is 0 Å². The molecule has 0 aromatic heterocycles. The minimum absolute atomic E-state index is 0.0127. The molecule has 0 radical (unpaired) electrons. The van der Waals surface area contributed by atoms with Crippen LogP contribution in [0.4, 0.5) is 0 Å². The lowest BCUT2D eigenvalue weighted by Crippen LogP contribution is -2.35. The van der Waals surface area contributed by atoms with Gasteiger partial charge in [-0.15, -0.1) is 0 Å².